The highest BCUT2D eigenvalue weighted by Gasteiger charge is 2.20. The van der Waals surface area contributed by atoms with Crippen molar-refractivity contribution in [1.82, 2.24) is 0 Å². The lowest BCUT2D eigenvalue weighted by Gasteiger charge is -2.18. The molecule has 1 unspecified atom stereocenters. The molecule has 3 N–H and O–H groups in total. The van der Waals surface area contributed by atoms with Gasteiger partial charge in [-0.15, -0.1) is 0 Å². The van der Waals surface area contributed by atoms with Crippen molar-refractivity contribution in [3.63, 3.8) is 0 Å². The van der Waals surface area contributed by atoms with E-state index in [1.165, 1.54) is 30.2 Å². The number of phenols is 1. The first kappa shape index (κ1) is 26.3. The number of amides is 2. The Labute approximate surface area is 221 Å². The molecule has 38 heavy (non-hydrogen) atoms. The number of aromatic hydroxyl groups is 1. The standard InChI is InChI=1S/C30H30N2O6/c1-17-12-21-6-7-25(14-22(21)13-18(17)2)37-19(3)30(35)32-27-15-28(34)26(31-20(4)33)16-29(27)38-24-10-8-23(36-5)9-11-24/h6-16,19,34H,1-5H3,(H,31,33)(H,32,35). The van der Waals surface area contributed by atoms with Crippen LogP contribution in [0.3, 0.4) is 0 Å². The Morgan fingerprint density at radius 2 is 1.42 bits per heavy atom. The number of phenolic OH excluding ortho intramolecular Hbond substituents is 1. The van der Waals surface area contributed by atoms with Gasteiger partial charge in [-0.2, -0.15) is 0 Å². The fourth-order valence-corrected chi connectivity index (χ4v) is 3.88. The fraction of sp³-hybridized carbons (Fsp3) is 0.200. The van der Waals surface area contributed by atoms with E-state index in [-0.39, 0.29) is 28.8 Å². The van der Waals surface area contributed by atoms with Gasteiger partial charge in [0, 0.05) is 19.1 Å². The maximum absolute atomic E-state index is 13.1. The monoisotopic (exact) mass is 514 g/mol. The van der Waals surface area contributed by atoms with E-state index < -0.39 is 12.0 Å². The van der Waals surface area contributed by atoms with Crippen LogP contribution in [0.2, 0.25) is 0 Å². The molecule has 4 aromatic carbocycles. The van der Waals surface area contributed by atoms with Gasteiger partial charge in [-0.1, -0.05) is 18.2 Å². The van der Waals surface area contributed by atoms with Gasteiger partial charge in [-0.05, 0) is 79.1 Å². The minimum Gasteiger partial charge on any atom is -0.506 e. The summed E-state index contributed by atoms with van der Waals surface area (Å²) in [6.45, 7) is 7.08. The quantitative estimate of drug-likeness (QED) is 0.237. The zero-order chi connectivity index (χ0) is 27.4. The van der Waals surface area contributed by atoms with E-state index in [1.54, 1.807) is 38.3 Å². The summed E-state index contributed by atoms with van der Waals surface area (Å²) in [5.41, 5.74) is 2.73. The van der Waals surface area contributed by atoms with Gasteiger partial charge >= 0.3 is 0 Å². The lowest BCUT2D eigenvalue weighted by atomic mass is 10.0. The first-order valence-corrected chi connectivity index (χ1v) is 12.1. The number of rotatable bonds is 8. The number of anilines is 2. The van der Waals surface area contributed by atoms with Crippen molar-refractivity contribution in [2.75, 3.05) is 17.7 Å². The maximum atomic E-state index is 13.1. The van der Waals surface area contributed by atoms with Crippen molar-refractivity contribution < 1.29 is 28.9 Å². The molecule has 2 amide bonds. The number of carbonyl (C=O) groups is 2. The molecule has 1 atom stereocenters. The van der Waals surface area contributed by atoms with Crippen LogP contribution in [0.4, 0.5) is 11.4 Å². The lowest BCUT2D eigenvalue weighted by Crippen LogP contribution is -2.30. The summed E-state index contributed by atoms with van der Waals surface area (Å²) < 4.78 is 17.1. The van der Waals surface area contributed by atoms with Crippen LogP contribution in [0, 0.1) is 13.8 Å². The second-order valence-electron chi connectivity index (χ2n) is 9.02. The normalized spacial score (nSPS) is 11.5. The highest BCUT2D eigenvalue weighted by atomic mass is 16.5. The Morgan fingerprint density at radius 3 is 2.08 bits per heavy atom. The summed E-state index contributed by atoms with van der Waals surface area (Å²) in [4.78, 5) is 24.7. The van der Waals surface area contributed by atoms with Crippen molar-refractivity contribution in [2.45, 2.75) is 33.8 Å². The van der Waals surface area contributed by atoms with Crippen molar-refractivity contribution in [2.24, 2.45) is 0 Å². The van der Waals surface area contributed by atoms with E-state index >= 15 is 0 Å². The number of methoxy groups -OCH3 is 1. The van der Waals surface area contributed by atoms with Gasteiger partial charge in [0.05, 0.1) is 18.5 Å². The molecule has 4 rings (SSSR count). The molecule has 0 bridgehead atoms. The molecule has 0 saturated heterocycles. The molecule has 0 heterocycles. The summed E-state index contributed by atoms with van der Waals surface area (Å²) >= 11 is 0. The number of hydrogen-bond donors (Lipinski definition) is 3. The number of hydrogen-bond acceptors (Lipinski definition) is 6. The van der Waals surface area contributed by atoms with E-state index in [4.69, 9.17) is 14.2 Å². The molecule has 0 fully saturated rings. The Hall–Kier alpha value is -4.72. The van der Waals surface area contributed by atoms with Crippen LogP contribution >= 0.6 is 0 Å². The van der Waals surface area contributed by atoms with Crippen LogP contribution < -0.4 is 24.8 Å². The van der Waals surface area contributed by atoms with Gasteiger partial charge in [0.25, 0.3) is 5.91 Å². The molecule has 0 radical (unpaired) electrons. The minimum absolute atomic E-state index is 0.144. The second-order valence-corrected chi connectivity index (χ2v) is 9.02. The van der Waals surface area contributed by atoms with Crippen molar-refractivity contribution in [3.8, 4) is 28.7 Å². The zero-order valence-corrected chi connectivity index (χ0v) is 21.9. The number of fused-ring (bicyclic) bond motifs is 1. The van der Waals surface area contributed by atoms with E-state index in [2.05, 4.69) is 36.6 Å². The molecule has 0 aliphatic heterocycles. The summed E-state index contributed by atoms with van der Waals surface area (Å²) in [6, 6.07) is 19.5. The third-order valence-corrected chi connectivity index (χ3v) is 6.06. The van der Waals surface area contributed by atoms with Crippen LogP contribution in [0.25, 0.3) is 10.8 Å². The molecule has 0 aromatic heterocycles. The van der Waals surface area contributed by atoms with Crippen LogP contribution in [0.1, 0.15) is 25.0 Å². The minimum atomic E-state index is -0.856. The van der Waals surface area contributed by atoms with Crippen LogP contribution in [-0.4, -0.2) is 30.1 Å². The van der Waals surface area contributed by atoms with Crippen molar-refractivity contribution in [1.29, 1.82) is 0 Å². The first-order valence-electron chi connectivity index (χ1n) is 12.1. The van der Waals surface area contributed by atoms with Gasteiger partial charge in [0.15, 0.2) is 11.9 Å². The zero-order valence-electron chi connectivity index (χ0n) is 21.9. The predicted molar refractivity (Wildman–Crippen MR) is 148 cm³/mol. The summed E-state index contributed by atoms with van der Waals surface area (Å²) in [5.74, 6) is 0.848. The Morgan fingerprint density at radius 1 is 0.789 bits per heavy atom. The molecular weight excluding hydrogens is 484 g/mol. The molecule has 0 spiro atoms. The number of aryl methyl sites for hydroxylation is 2. The third-order valence-electron chi connectivity index (χ3n) is 6.06. The molecule has 0 aliphatic carbocycles. The topological polar surface area (TPSA) is 106 Å². The van der Waals surface area contributed by atoms with E-state index in [0.717, 1.165) is 10.8 Å². The average molecular weight is 515 g/mol. The first-order chi connectivity index (χ1) is 18.1. The highest BCUT2D eigenvalue weighted by Crippen LogP contribution is 2.39. The van der Waals surface area contributed by atoms with Crippen molar-refractivity contribution in [3.05, 3.63) is 77.9 Å². The number of nitrogens with one attached hydrogen (secondary N) is 2. The summed E-state index contributed by atoms with van der Waals surface area (Å²) in [6.07, 6.45) is -0.856. The second kappa shape index (κ2) is 11.1. The number of ether oxygens (including phenoxy) is 3. The van der Waals surface area contributed by atoms with E-state index in [0.29, 0.717) is 17.2 Å². The van der Waals surface area contributed by atoms with Gasteiger partial charge in [0.2, 0.25) is 5.91 Å². The maximum Gasteiger partial charge on any atom is 0.265 e. The van der Waals surface area contributed by atoms with Gasteiger partial charge in [0.1, 0.15) is 23.0 Å². The lowest BCUT2D eigenvalue weighted by molar-refractivity contribution is -0.122. The predicted octanol–water partition coefficient (Wildman–Crippen LogP) is 6.33. The molecular formula is C30H30N2O6. The highest BCUT2D eigenvalue weighted by molar-refractivity contribution is 5.97. The van der Waals surface area contributed by atoms with Crippen LogP contribution in [0.5, 0.6) is 28.7 Å². The molecule has 0 aliphatic rings. The number of carbonyl (C=O) groups excluding carboxylic acids is 2. The average Bonchev–Trinajstić information content (AvgIpc) is 2.87. The van der Waals surface area contributed by atoms with E-state index in [1.807, 2.05) is 18.2 Å². The largest absolute Gasteiger partial charge is 0.506 e. The fourth-order valence-electron chi connectivity index (χ4n) is 3.88. The van der Waals surface area contributed by atoms with Gasteiger partial charge in [-0.25, -0.2) is 0 Å². The molecule has 196 valence electrons. The molecule has 8 heteroatoms. The van der Waals surface area contributed by atoms with E-state index in [9.17, 15) is 14.7 Å². The summed E-state index contributed by atoms with van der Waals surface area (Å²) in [7, 11) is 1.56. The third kappa shape index (κ3) is 6.15. The Balaban J connectivity index is 1.56. The van der Waals surface area contributed by atoms with Crippen LogP contribution in [0.15, 0.2) is 66.7 Å². The molecule has 8 nitrogen and oxygen atoms in total. The van der Waals surface area contributed by atoms with Crippen molar-refractivity contribution >= 4 is 34.0 Å². The molecule has 0 saturated carbocycles. The summed E-state index contributed by atoms with van der Waals surface area (Å²) in [5, 5.41) is 17.9. The molecule has 4 aromatic rings. The Bertz CT molecular complexity index is 1500. The van der Waals surface area contributed by atoms with Gasteiger partial charge < -0.3 is 30.0 Å². The smallest absolute Gasteiger partial charge is 0.265 e. The van der Waals surface area contributed by atoms with Crippen LogP contribution in [-0.2, 0) is 9.59 Å². The Kier molecular flexibility index (Phi) is 7.71. The number of benzene rings is 4. The SMILES string of the molecule is COc1ccc(Oc2cc(NC(C)=O)c(O)cc2NC(=O)C(C)Oc2ccc3cc(C)c(C)cc3c2)cc1. The van der Waals surface area contributed by atoms with Gasteiger partial charge in [-0.3, -0.25) is 9.59 Å².